The molecular weight excluding hydrogens is 372 g/mol. The maximum absolute atomic E-state index is 13.0. The Morgan fingerprint density at radius 3 is 2.54 bits per heavy atom. The third-order valence-corrected chi connectivity index (χ3v) is 7.64. The van der Waals surface area contributed by atoms with E-state index in [0.717, 1.165) is 4.70 Å². The molecule has 0 spiro atoms. The van der Waals surface area contributed by atoms with Crippen molar-refractivity contribution in [1.82, 2.24) is 8.26 Å². The topological polar surface area (TPSA) is 68.6 Å². The van der Waals surface area contributed by atoms with E-state index in [2.05, 4.69) is 0 Å². The number of hydrogen-bond donors (Lipinski definition) is 0. The first-order valence-electron chi connectivity index (χ1n) is 8.28. The lowest BCUT2D eigenvalue weighted by Gasteiger charge is -2.26. The van der Waals surface area contributed by atoms with Gasteiger partial charge in [0.1, 0.15) is 0 Å². The summed E-state index contributed by atoms with van der Waals surface area (Å²) in [4.78, 5) is 12.9. The third-order valence-electron chi connectivity index (χ3n) is 4.49. The average molecular weight is 390 g/mol. The Labute approximate surface area is 155 Å². The molecule has 0 amide bonds. The molecule has 0 aliphatic carbocycles. The number of aryl methyl sites for hydroxylation is 1. The van der Waals surface area contributed by atoms with Gasteiger partial charge in [0.25, 0.3) is 5.56 Å². The van der Waals surface area contributed by atoms with Crippen LogP contribution in [0.1, 0.15) is 5.56 Å². The fraction of sp³-hybridized carbons (Fsp3) is 0.278. The Hall–Kier alpha value is -2.00. The van der Waals surface area contributed by atoms with Crippen LogP contribution in [0.3, 0.4) is 0 Å². The molecule has 1 aromatic heterocycles. The van der Waals surface area contributed by atoms with Crippen LogP contribution in [0.25, 0.3) is 15.8 Å². The fourth-order valence-electron chi connectivity index (χ4n) is 3.06. The van der Waals surface area contributed by atoms with Gasteiger partial charge in [-0.15, -0.1) is 0 Å². The van der Waals surface area contributed by atoms with Crippen molar-refractivity contribution in [3.63, 3.8) is 0 Å². The van der Waals surface area contributed by atoms with E-state index in [1.165, 1.54) is 15.8 Å². The van der Waals surface area contributed by atoms with Crippen LogP contribution in [0.5, 0.6) is 0 Å². The molecule has 1 aliphatic heterocycles. The molecule has 0 radical (unpaired) electrons. The molecule has 1 fully saturated rings. The predicted octanol–water partition coefficient (Wildman–Crippen LogP) is 2.38. The number of nitrogens with zero attached hydrogens (tertiary/aromatic N) is 2. The first-order chi connectivity index (χ1) is 12.5. The second kappa shape index (κ2) is 6.62. The molecule has 0 saturated carbocycles. The largest absolute Gasteiger partial charge is 0.379 e. The Bertz CT molecular complexity index is 1130. The van der Waals surface area contributed by atoms with E-state index >= 15 is 0 Å². The molecule has 26 heavy (non-hydrogen) atoms. The molecule has 0 N–H and O–H groups in total. The lowest BCUT2D eigenvalue weighted by molar-refractivity contribution is 0.0730. The number of sulfonamides is 1. The smallest absolute Gasteiger partial charge is 0.273 e. The summed E-state index contributed by atoms with van der Waals surface area (Å²) in [6.07, 6.45) is 0. The zero-order valence-corrected chi connectivity index (χ0v) is 15.8. The summed E-state index contributed by atoms with van der Waals surface area (Å²) in [5.74, 6) is 0. The molecule has 4 rings (SSSR count). The first kappa shape index (κ1) is 17.4. The van der Waals surface area contributed by atoms with Gasteiger partial charge in [-0.3, -0.25) is 4.79 Å². The molecule has 1 saturated heterocycles. The average Bonchev–Trinajstić information content (AvgIpc) is 3.00. The molecular formula is C18H18N2O4S2. The lowest BCUT2D eigenvalue weighted by atomic mass is 10.2. The summed E-state index contributed by atoms with van der Waals surface area (Å²) < 4.78 is 35.2. The molecule has 0 atom stereocenters. The Balaban J connectivity index is 1.83. The van der Waals surface area contributed by atoms with Crippen LogP contribution in [0.15, 0.2) is 52.2 Å². The summed E-state index contributed by atoms with van der Waals surface area (Å²) in [6, 6.07) is 12.5. The van der Waals surface area contributed by atoms with Crippen LogP contribution in [-0.2, 0) is 14.8 Å². The molecule has 136 valence electrons. The normalized spacial score (nSPS) is 16.2. The number of ether oxygens (including phenoxy) is 1. The highest BCUT2D eigenvalue weighted by Gasteiger charge is 2.28. The van der Waals surface area contributed by atoms with Crippen molar-refractivity contribution in [3.8, 4) is 5.69 Å². The highest BCUT2D eigenvalue weighted by Crippen LogP contribution is 2.26. The van der Waals surface area contributed by atoms with Gasteiger partial charge in [0, 0.05) is 13.1 Å². The number of fused-ring (bicyclic) bond motifs is 1. The second-order valence-corrected chi connectivity index (χ2v) is 9.05. The SMILES string of the molecule is Cc1ccc(-n2sc3ccccc3c2=O)cc1S(=O)(=O)N1CCOCC1. The van der Waals surface area contributed by atoms with Crippen LogP contribution in [0.2, 0.25) is 0 Å². The number of rotatable bonds is 3. The zero-order chi connectivity index (χ0) is 18.3. The molecule has 3 aromatic rings. The van der Waals surface area contributed by atoms with Crippen LogP contribution in [0, 0.1) is 6.92 Å². The Morgan fingerprint density at radius 2 is 1.81 bits per heavy atom. The maximum atomic E-state index is 13.0. The molecule has 8 heteroatoms. The Kier molecular flexibility index (Phi) is 4.44. The van der Waals surface area contributed by atoms with Gasteiger partial charge in [0.05, 0.1) is 33.9 Å². The van der Waals surface area contributed by atoms with Gasteiger partial charge in [-0.05, 0) is 36.8 Å². The highest BCUT2D eigenvalue weighted by molar-refractivity contribution is 7.89. The Morgan fingerprint density at radius 1 is 1.08 bits per heavy atom. The van der Waals surface area contributed by atoms with E-state index in [1.807, 2.05) is 18.2 Å². The quantitative estimate of drug-likeness (QED) is 0.689. The molecule has 0 bridgehead atoms. The van der Waals surface area contributed by atoms with E-state index in [9.17, 15) is 13.2 Å². The van der Waals surface area contributed by atoms with Crippen molar-refractivity contribution >= 4 is 31.6 Å². The lowest BCUT2D eigenvalue weighted by Crippen LogP contribution is -2.40. The van der Waals surface area contributed by atoms with Crippen molar-refractivity contribution in [1.29, 1.82) is 0 Å². The highest BCUT2D eigenvalue weighted by atomic mass is 32.2. The fourth-order valence-corrected chi connectivity index (χ4v) is 5.70. The molecule has 0 unspecified atom stereocenters. The van der Waals surface area contributed by atoms with Crippen molar-refractivity contribution in [2.24, 2.45) is 0 Å². The number of hydrogen-bond acceptors (Lipinski definition) is 5. The van der Waals surface area contributed by atoms with Gasteiger partial charge in [-0.25, -0.2) is 12.4 Å². The summed E-state index contributed by atoms with van der Waals surface area (Å²) in [5, 5.41) is 0.635. The third kappa shape index (κ3) is 2.88. The number of aromatic nitrogens is 1. The van der Waals surface area contributed by atoms with E-state index in [4.69, 9.17) is 4.74 Å². The van der Waals surface area contributed by atoms with Crippen LogP contribution in [-0.4, -0.2) is 43.0 Å². The minimum Gasteiger partial charge on any atom is -0.379 e. The predicted molar refractivity (Wildman–Crippen MR) is 102 cm³/mol. The van der Waals surface area contributed by atoms with Crippen molar-refractivity contribution in [2.45, 2.75) is 11.8 Å². The van der Waals surface area contributed by atoms with E-state index in [1.54, 1.807) is 35.1 Å². The van der Waals surface area contributed by atoms with Gasteiger partial charge >= 0.3 is 0 Å². The van der Waals surface area contributed by atoms with E-state index in [-0.39, 0.29) is 10.5 Å². The first-order valence-corrected chi connectivity index (χ1v) is 10.5. The van der Waals surface area contributed by atoms with Gasteiger partial charge in [0.2, 0.25) is 10.0 Å². The van der Waals surface area contributed by atoms with Gasteiger partial charge in [-0.2, -0.15) is 4.31 Å². The van der Waals surface area contributed by atoms with Crippen LogP contribution >= 0.6 is 11.5 Å². The minimum atomic E-state index is -3.62. The van der Waals surface area contributed by atoms with Gasteiger partial charge < -0.3 is 4.74 Å². The van der Waals surface area contributed by atoms with E-state index in [0.29, 0.717) is 42.9 Å². The van der Waals surface area contributed by atoms with Crippen LogP contribution in [0.4, 0.5) is 0 Å². The molecule has 6 nitrogen and oxygen atoms in total. The maximum Gasteiger partial charge on any atom is 0.273 e. The standard InChI is InChI=1S/C18H18N2O4S2/c1-13-6-7-14(20-18(21)15-4-2-3-5-16(15)25-20)12-17(13)26(22,23)19-8-10-24-11-9-19/h2-7,12H,8-11H2,1H3. The summed E-state index contributed by atoms with van der Waals surface area (Å²) in [5.41, 5.74) is 1.09. The summed E-state index contributed by atoms with van der Waals surface area (Å²) in [6.45, 7) is 3.25. The second-order valence-electron chi connectivity index (χ2n) is 6.15. The zero-order valence-electron chi connectivity index (χ0n) is 14.2. The van der Waals surface area contributed by atoms with Crippen LogP contribution < -0.4 is 5.56 Å². The van der Waals surface area contributed by atoms with Crippen molar-refractivity contribution < 1.29 is 13.2 Å². The number of morpholine rings is 1. The minimum absolute atomic E-state index is 0.135. The summed E-state index contributed by atoms with van der Waals surface area (Å²) in [7, 11) is -3.62. The van der Waals surface area contributed by atoms with E-state index < -0.39 is 10.0 Å². The van der Waals surface area contributed by atoms with Gasteiger partial charge in [-0.1, -0.05) is 29.7 Å². The molecule has 1 aliphatic rings. The monoisotopic (exact) mass is 390 g/mol. The molecule has 2 aromatic carbocycles. The number of benzene rings is 2. The van der Waals surface area contributed by atoms with Crippen molar-refractivity contribution in [2.75, 3.05) is 26.3 Å². The van der Waals surface area contributed by atoms with Crippen molar-refractivity contribution in [3.05, 3.63) is 58.4 Å². The summed E-state index contributed by atoms with van der Waals surface area (Å²) >= 11 is 1.31. The van der Waals surface area contributed by atoms with Gasteiger partial charge in [0.15, 0.2) is 0 Å². The molecule has 2 heterocycles.